The number of nitriles is 1. The van der Waals surface area contributed by atoms with Crippen molar-refractivity contribution in [1.82, 2.24) is 0 Å². The molecule has 5 nitrogen and oxygen atoms in total. The summed E-state index contributed by atoms with van der Waals surface area (Å²) in [7, 11) is 0. The predicted octanol–water partition coefficient (Wildman–Crippen LogP) is 1.83. The molecular formula is C11H11BrN2O3. The highest BCUT2D eigenvalue weighted by atomic mass is 79.9. The van der Waals surface area contributed by atoms with Gasteiger partial charge in [0.05, 0.1) is 17.9 Å². The van der Waals surface area contributed by atoms with Crippen LogP contribution in [0.25, 0.3) is 0 Å². The third kappa shape index (κ3) is 4.43. The molecule has 90 valence electrons. The lowest BCUT2D eigenvalue weighted by atomic mass is 10.2. The number of nitrogens with zero attached hydrogens (tertiary/aromatic N) is 1. The molecule has 0 amide bonds. The summed E-state index contributed by atoms with van der Waals surface area (Å²) in [6.07, 6.45) is 0. The van der Waals surface area contributed by atoms with Crippen molar-refractivity contribution in [3.63, 3.8) is 0 Å². The van der Waals surface area contributed by atoms with Crippen LogP contribution < -0.4 is 5.32 Å². The van der Waals surface area contributed by atoms with Gasteiger partial charge < -0.3 is 15.2 Å². The van der Waals surface area contributed by atoms with Crippen LogP contribution in [0, 0.1) is 11.3 Å². The Kier molecular flexibility index (Phi) is 5.46. The highest BCUT2D eigenvalue weighted by molar-refractivity contribution is 9.10. The van der Waals surface area contributed by atoms with E-state index in [9.17, 15) is 4.79 Å². The topological polar surface area (TPSA) is 82.3 Å². The number of ether oxygens (including phenoxy) is 1. The summed E-state index contributed by atoms with van der Waals surface area (Å²) in [5.41, 5.74) is 1.21. The molecule has 0 bridgehead atoms. The minimum atomic E-state index is -0.995. The van der Waals surface area contributed by atoms with E-state index in [-0.39, 0.29) is 13.2 Å². The Morgan fingerprint density at radius 1 is 1.59 bits per heavy atom. The van der Waals surface area contributed by atoms with Crippen molar-refractivity contribution in [2.45, 2.75) is 0 Å². The monoisotopic (exact) mass is 298 g/mol. The van der Waals surface area contributed by atoms with Crippen molar-refractivity contribution in [1.29, 1.82) is 5.26 Å². The van der Waals surface area contributed by atoms with Gasteiger partial charge in [-0.05, 0) is 28.1 Å². The van der Waals surface area contributed by atoms with Crippen LogP contribution >= 0.6 is 15.9 Å². The summed E-state index contributed by atoms with van der Waals surface area (Å²) in [4.78, 5) is 10.2. The number of benzene rings is 1. The molecule has 17 heavy (non-hydrogen) atoms. The first-order chi connectivity index (χ1) is 8.15. The average Bonchev–Trinajstić information content (AvgIpc) is 2.28. The standard InChI is InChI=1S/C11H11BrN2O3/c12-9-2-1-3-10(8(9)6-13)14-4-5-17-7-11(15)16/h1-3,14H,4-5,7H2,(H,15,16). The first kappa shape index (κ1) is 13.5. The number of carboxylic acid groups (broad SMARTS) is 1. The van der Waals surface area contributed by atoms with E-state index in [1.807, 2.05) is 6.07 Å². The van der Waals surface area contributed by atoms with E-state index in [2.05, 4.69) is 27.3 Å². The number of hydrogen-bond acceptors (Lipinski definition) is 4. The van der Waals surface area contributed by atoms with Gasteiger partial charge in [0.2, 0.25) is 0 Å². The highest BCUT2D eigenvalue weighted by Gasteiger charge is 2.04. The predicted molar refractivity (Wildman–Crippen MR) is 65.8 cm³/mol. The Balaban J connectivity index is 2.45. The average molecular weight is 299 g/mol. The lowest BCUT2D eigenvalue weighted by Gasteiger charge is -2.08. The Hall–Kier alpha value is -1.58. The van der Waals surface area contributed by atoms with Crippen molar-refractivity contribution in [3.8, 4) is 6.07 Å². The Morgan fingerprint density at radius 2 is 2.35 bits per heavy atom. The molecule has 0 aromatic heterocycles. The van der Waals surface area contributed by atoms with Gasteiger partial charge in [-0.25, -0.2) is 4.79 Å². The van der Waals surface area contributed by atoms with Crippen LogP contribution in [0.2, 0.25) is 0 Å². The molecule has 1 aromatic rings. The molecule has 0 unspecified atom stereocenters. The van der Waals surface area contributed by atoms with Crippen molar-refractivity contribution < 1.29 is 14.6 Å². The van der Waals surface area contributed by atoms with Gasteiger partial charge in [-0.15, -0.1) is 0 Å². The Morgan fingerprint density at radius 3 is 3.00 bits per heavy atom. The van der Waals surface area contributed by atoms with Gasteiger partial charge >= 0.3 is 5.97 Å². The second kappa shape index (κ2) is 6.89. The molecule has 0 atom stereocenters. The number of carboxylic acids is 1. The zero-order valence-corrected chi connectivity index (χ0v) is 10.5. The van der Waals surface area contributed by atoms with E-state index in [1.165, 1.54) is 0 Å². The molecule has 0 aliphatic heterocycles. The lowest BCUT2D eigenvalue weighted by molar-refractivity contribution is -0.142. The van der Waals surface area contributed by atoms with Crippen LogP contribution in [0.3, 0.4) is 0 Å². The van der Waals surface area contributed by atoms with Crippen molar-refractivity contribution >= 4 is 27.6 Å². The molecule has 0 spiro atoms. The summed E-state index contributed by atoms with van der Waals surface area (Å²) >= 11 is 3.28. The molecule has 0 heterocycles. The van der Waals surface area contributed by atoms with Crippen molar-refractivity contribution in [3.05, 3.63) is 28.2 Å². The fraction of sp³-hybridized carbons (Fsp3) is 0.273. The maximum Gasteiger partial charge on any atom is 0.329 e. The van der Waals surface area contributed by atoms with Gasteiger partial charge in [-0.1, -0.05) is 6.07 Å². The zero-order valence-electron chi connectivity index (χ0n) is 8.94. The number of rotatable bonds is 6. The lowest BCUT2D eigenvalue weighted by Crippen LogP contribution is -2.14. The summed E-state index contributed by atoms with van der Waals surface area (Å²) in [6.45, 7) is 0.396. The van der Waals surface area contributed by atoms with E-state index < -0.39 is 5.97 Å². The molecule has 1 rings (SSSR count). The minimum absolute atomic E-state index is 0.268. The minimum Gasteiger partial charge on any atom is -0.480 e. The van der Waals surface area contributed by atoms with Gasteiger partial charge in [0.25, 0.3) is 0 Å². The van der Waals surface area contributed by atoms with E-state index >= 15 is 0 Å². The SMILES string of the molecule is N#Cc1c(Br)cccc1NCCOCC(=O)O. The summed E-state index contributed by atoms with van der Waals surface area (Å²) < 4.78 is 5.58. The van der Waals surface area contributed by atoms with Crippen LogP contribution in [-0.2, 0) is 9.53 Å². The molecular weight excluding hydrogens is 288 g/mol. The first-order valence-electron chi connectivity index (χ1n) is 4.87. The fourth-order valence-electron chi connectivity index (χ4n) is 1.20. The highest BCUT2D eigenvalue weighted by Crippen LogP contribution is 2.23. The second-order valence-electron chi connectivity index (χ2n) is 3.15. The molecule has 0 aliphatic carbocycles. The van der Waals surface area contributed by atoms with Crippen LogP contribution in [-0.4, -0.2) is 30.8 Å². The van der Waals surface area contributed by atoms with Crippen LogP contribution in [0.4, 0.5) is 5.69 Å². The zero-order chi connectivity index (χ0) is 12.7. The number of aliphatic carboxylic acids is 1. The van der Waals surface area contributed by atoms with Crippen molar-refractivity contribution in [2.24, 2.45) is 0 Å². The van der Waals surface area contributed by atoms with Gasteiger partial charge in [-0.2, -0.15) is 5.26 Å². The van der Waals surface area contributed by atoms with E-state index in [0.717, 1.165) is 4.47 Å². The molecule has 0 saturated heterocycles. The van der Waals surface area contributed by atoms with Crippen LogP contribution in [0.5, 0.6) is 0 Å². The van der Waals surface area contributed by atoms with Crippen LogP contribution in [0.15, 0.2) is 22.7 Å². The number of nitrogens with one attached hydrogen (secondary N) is 1. The third-order valence-corrected chi connectivity index (χ3v) is 2.57. The quantitative estimate of drug-likeness (QED) is 0.783. The number of anilines is 1. The van der Waals surface area contributed by atoms with Gasteiger partial charge in [0.15, 0.2) is 0 Å². The van der Waals surface area contributed by atoms with Gasteiger partial charge in [0.1, 0.15) is 12.7 Å². The first-order valence-corrected chi connectivity index (χ1v) is 5.66. The Bertz CT molecular complexity index is 443. The largest absolute Gasteiger partial charge is 0.480 e. The van der Waals surface area contributed by atoms with E-state index in [4.69, 9.17) is 15.1 Å². The van der Waals surface area contributed by atoms with Gasteiger partial charge in [-0.3, -0.25) is 0 Å². The van der Waals surface area contributed by atoms with E-state index in [0.29, 0.717) is 17.8 Å². The summed E-state index contributed by atoms with van der Waals surface area (Å²) in [5.74, 6) is -0.995. The van der Waals surface area contributed by atoms with Crippen LogP contribution in [0.1, 0.15) is 5.56 Å². The van der Waals surface area contributed by atoms with Crippen molar-refractivity contribution in [2.75, 3.05) is 25.1 Å². The summed E-state index contributed by atoms with van der Waals surface area (Å²) in [6, 6.07) is 7.45. The molecule has 0 aliphatic rings. The maximum atomic E-state index is 10.2. The number of hydrogen-bond donors (Lipinski definition) is 2. The normalized spacial score (nSPS) is 9.65. The maximum absolute atomic E-state index is 10.2. The third-order valence-electron chi connectivity index (χ3n) is 1.91. The molecule has 0 fully saturated rings. The summed E-state index contributed by atoms with van der Waals surface area (Å²) in [5, 5.41) is 20.3. The molecule has 0 saturated carbocycles. The number of carbonyl (C=O) groups is 1. The molecule has 0 radical (unpaired) electrons. The number of halogens is 1. The second-order valence-corrected chi connectivity index (χ2v) is 4.00. The molecule has 1 aromatic carbocycles. The van der Waals surface area contributed by atoms with E-state index in [1.54, 1.807) is 12.1 Å². The van der Waals surface area contributed by atoms with Gasteiger partial charge in [0, 0.05) is 11.0 Å². The Labute approximate surface area is 107 Å². The smallest absolute Gasteiger partial charge is 0.329 e. The molecule has 2 N–H and O–H groups in total. The fourth-order valence-corrected chi connectivity index (χ4v) is 1.66. The molecule has 6 heteroatoms.